The summed E-state index contributed by atoms with van der Waals surface area (Å²) in [6.07, 6.45) is 3.78. The number of phenols is 1. The minimum absolute atomic E-state index is 0.287. The highest BCUT2D eigenvalue weighted by atomic mass is 16.3. The lowest BCUT2D eigenvalue weighted by molar-refractivity contribution is 0.475. The number of phenolic OH excluding ortho intramolecular Hbond substituents is 1. The maximum absolute atomic E-state index is 9.32. The van der Waals surface area contributed by atoms with Crippen molar-refractivity contribution in [3.8, 4) is 5.75 Å². The van der Waals surface area contributed by atoms with Crippen LogP contribution in [0.5, 0.6) is 5.75 Å². The van der Waals surface area contributed by atoms with E-state index in [0.717, 1.165) is 23.6 Å². The Morgan fingerprint density at radius 3 is 2.52 bits per heavy atom. The van der Waals surface area contributed by atoms with Gasteiger partial charge in [-0.2, -0.15) is 0 Å². The summed E-state index contributed by atoms with van der Waals surface area (Å²) >= 11 is 0. The van der Waals surface area contributed by atoms with E-state index in [0.29, 0.717) is 6.54 Å². The molecule has 0 amide bonds. The van der Waals surface area contributed by atoms with Gasteiger partial charge < -0.3 is 15.0 Å². The molecule has 3 rings (SSSR count). The van der Waals surface area contributed by atoms with E-state index in [-0.39, 0.29) is 5.75 Å². The number of hydrogen-bond donors (Lipinski definition) is 2. The van der Waals surface area contributed by atoms with E-state index in [1.54, 1.807) is 12.1 Å². The van der Waals surface area contributed by atoms with Gasteiger partial charge in [0.15, 0.2) is 0 Å². The molecule has 2 aromatic carbocycles. The van der Waals surface area contributed by atoms with Crippen LogP contribution >= 0.6 is 0 Å². The van der Waals surface area contributed by atoms with E-state index in [9.17, 15) is 5.11 Å². The molecular weight excluding hydrogens is 262 g/mol. The summed E-state index contributed by atoms with van der Waals surface area (Å²) in [7, 11) is 0. The first-order valence-electron chi connectivity index (χ1n) is 6.88. The first-order chi connectivity index (χ1) is 10.3. The number of nitrogens with zero attached hydrogens (tertiary/aromatic N) is 2. The third kappa shape index (κ3) is 3.42. The summed E-state index contributed by atoms with van der Waals surface area (Å²) < 4.78 is 2.10. The second-order valence-electron chi connectivity index (χ2n) is 4.86. The average Bonchev–Trinajstić information content (AvgIpc) is 2.96. The van der Waals surface area contributed by atoms with Gasteiger partial charge in [-0.3, -0.25) is 0 Å². The van der Waals surface area contributed by atoms with Crippen molar-refractivity contribution in [2.45, 2.75) is 13.1 Å². The van der Waals surface area contributed by atoms with Crippen molar-refractivity contribution in [1.82, 2.24) is 9.55 Å². The van der Waals surface area contributed by atoms with Crippen molar-refractivity contribution < 1.29 is 5.11 Å². The van der Waals surface area contributed by atoms with Gasteiger partial charge in [0.1, 0.15) is 11.6 Å². The second-order valence-corrected chi connectivity index (χ2v) is 4.86. The molecule has 0 unspecified atom stereocenters. The van der Waals surface area contributed by atoms with Crippen LogP contribution in [0.15, 0.2) is 67.0 Å². The van der Waals surface area contributed by atoms with Crippen molar-refractivity contribution in [1.29, 1.82) is 0 Å². The van der Waals surface area contributed by atoms with Crippen molar-refractivity contribution in [3.63, 3.8) is 0 Å². The van der Waals surface area contributed by atoms with E-state index in [4.69, 9.17) is 0 Å². The summed E-state index contributed by atoms with van der Waals surface area (Å²) in [4.78, 5) is 4.40. The Hall–Kier alpha value is -2.75. The highest BCUT2D eigenvalue weighted by molar-refractivity contribution is 5.42. The van der Waals surface area contributed by atoms with Crippen LogP contribution in [0, 0.1) is 0 Å². The van der Waals surface area contributed by atoms with Crippen LogP contribution in [-0.4, -0.2) is 14.7 Å². The second kappa shape index (κ2) is 6.13. The first kappa shape index (κ1) is 13.2. The van der Waals surface area contributed by atoms with Crippen LogP contribution in [0.3, 0.4) is 0 Å². The molecule has 0 saturated heterocycles. The standard InChI is InChI=1S/C17H17N3O/c21-16-8-6-14(7-9-16)13-20-11-10-18-17(20)12-19-15-4-2-1-3-5-15/h1-11,19,21H,12-13H2. The third-order valence-corrected chi connectivity index (χ3v) is 3.32. The first-order valence-corrected chi connectivity index (χ1v) is 6.88. The number of anilines is 1. The van der Waals surface area contributed by atoms with Crippen molar-refractivity contribution >= 4 is 5.69 Å². The summed E-state index contributed by atoms with van der Waals surface area (Å²) in [5.74, 6) is 1.27. The summed E-state index contributed by atoms with van der Waals surface area (Å²) in [5.41, 5.74) is 2.21. The number of benzene rings is 2. The van der Waals surface area contributed by atoms with Crippen molar-refractivity contribution in [3.05, 3.63) is 78.4 Å². The Balaban J connectivity index is 1.68. The molecular formula is C17H17N3O. The van der Waals surface area contributed by atoms with E-state index in [2.05, 4.69) is 14.9 Å². The molecule has 0 spiro atoms. The maximum Gasteiger partial charge on any atom is 0.128 e. The number of hydrogen-bond acceptors (Lipinski definition) is 3. The topological polar surface area (TPSA) is 50.1 Å². The summed E-state index contributed by atoms with van der Waals surface area (Å²) in [5, 5.41) is 12.7. The summed E-state index contributed by atoms with van der Waals surface area (Å²) in [6, 6.07) is 17.3. The zero-order valence-corrected chi connectivity index (χ0v) is 11.6. The molecule has 1 heterocycles. The lowest BCUT2D eigenvalue weighted by Crippen LogP contribution is -2.09. The fraction of sp³-hybridized carbons (Fsp3) is 0.118. The number of para-hydroxylation sites is 1. The van der Waals surface area contributed by atoms with Gasteiger partial charge in [0.25, 0.3) is 0 Å². The molecule has 4 heteroatoms. The number of aromatic hydroxyl groups is 1. The largest absolute Gasteiger partial charge is 0.508 e. The molecule has 106 valence electrons. The fourth-order valence-electron chi connectivity index (χ4n) is 2.19. The van der Waals surface area contributed by atoms with Crippen molar-refractivity contribution in [2.24, 2.45) is 0 Å². The van der Waals surface area contributed by atoms with Gasteiger partial charge in [-0.05, 0) is 29.8 Å². The molecule has 0 aliphatic rings. The van der Waals surface area contributed by atoms with Gasteiger partial charge in [-0.25, -0.2) is 4.98 Å². The lowest BCUT2D eigenvalue weighted by Gasteiger charge is -2.10. The molecule has 0 aliphatic carbocycles. The van der Waals surface area contributed by atoms with E-state index >= 15 is 0 Å². The number of aromatic nitrogens is 2. The molecule has 3 aromatic rings. The van der Waals surface area contributed by atoms with Gasteiger partial charge in [0.2, 0.25) is 0 Å². The number of rotatable bonds is 5. The lowest BCUT2D eigenvalue weighted by atomic mass is 10.2. The van der Waals surface area contributed by atoms with E-state index in [1.165, 1.54) is 0 Å². The zero-order valence-electron chi connectivity index (χ0n) is 11.6. The quantitative estimate of drug-likeness (QED) is 0.753. The van der Waals surface area contributed by atoms with E-state index in [1.807, 2.05) is 54.9 Å². The minimum Gasteiger partial charge on any atom is -0.508 e. The van der Waals surface area contributed by atoms with E-state index < -0.39 is 0 Å². The van der Waals surface area contributed by atoms with Crippen LogP contribution in [0.25, 0.3) is 0 Å². The highest BCUT2D eigenvalue weighted by Gasteiger charge is 2.03. The van der Waals surface area contributed by atoms with Crippen LogP contribution in [-0.2, 0) is 13.1 Å². The van der Waals surface area contributed by atoms with Gasteiger partial charge >= 0.3 is 0 Å². The van der Waals surface area contributed by atoms with Gasteiger partial charge in [0, 0.05) is 24.6 Å². The minimum atomic E-state index is 0.287. The van der Waals surface area contributed by atoms with Gasteiger partial charge in [-0.15, -0.1) is 0 Å². The molecule has 0 saturated carbocycles. The number of imidazole rings is 1. The average molecular weight is 279 g/mol. The van der Waals surface area contributed by atoms with Crippen molar-refractivity contribution in [2.75, 3.05) is 5.32 Å². The molecule has 0 aliphatic heterocycles. The molecule has 1 aromatic heterocycles. The molecule has 0 bridgehead atoms. The Morgan fingerprint density at radius 1 is 1.00 bits per heavy atom. The smallest absolute Gasteiger partial charge is 0.128 e. The molecule has 21 heavy (non-hydrogen) atoms. The predicted molar refractivity (Wildman–Crippen MR) is 83.2 cm³/mol. The Morgan fingerprint density at radius 2 is 1.76 bits per heavy atom. The normalized spacial score (nSPS) is 10.5. The van der Waals surface area contributed by atoms with Crippen LogP contribution in [0.4, 0.5) is 5.69 Å². The molecule has 0 radical (unpaired) electrons. The van der Waals surface area contributed by atoms with Gasteiger partial charge in [-0.1, -0.05) is 30.3 Å². The molecule has 4 nitrogen and oxygen atoms in total. The SMILES string of the molecule is Oc1ccc(Cn2ccnc2CNc2ccccc2)cc1. The fourth-order valence-corrected chi connectivity index (χ4v) is 2.19. The number of nitrogens with one attached hydrogen (secondary N) is 1. The highest BCUT2D eigenvalue weighted by Crippen LogP contribution is 2.13. The maximum atomic E-state index is 9.32. The molecule has 0 fully saturated rings. The van der Waals surface area contributed by atoms with Crippen LogP contribution in [0.1, 0.15) is 11.4 Å². The summed E-state index contributed by atoms with van der Waals surface area (Å²) in [6.45, 7) is 1.42. The third-order valence-electron chi connectivity index (χ3n) is 3.32. The Bertz CT molecular complexity index is 690. The van der Waals surface area contributed by atoms with Crippen LogP contribution in [0.2, 0.25) is 0 Å². The van der Waals surface area contributed by atoms with Crippen LogP contribution < -0.4 is 5.32 Å². The predicted octanol–water partition coefficient (Wildman–Crippen LogP) is 3.25. The van der Waals surface area contributed by atoms with Gasteiger partial charge in [0.05, 0.1) is 6.54 Å². The monoisotopic (exact) mass is 279 g/mol. The Kier molecular flexibility index (Phi) is 3.87. The molecule has 2 N–H and O–H groups in total. The Labute approximate surface area is 123 Å². The molecule has 0 atom stereocenters. The zero-order chi connectivity index (χ0) is 14.5.